The Morgan fingerprint density at radius 3 is 2.70 bits per heavy atom. The lowest BCUT2D eigenvalue weighted by atomic mass is 10.1. The van der Waals surface area contributed by atoms with Crippen LogP contribution in [-0.4, -0.2) is 23.7 Å². The number of nitrogens with one attached hydrogen (secondary N) is 1. The molecule has 1 aromatic carbocycles. The SMILES string of the molecule is CCC(O)CCNC(=O)Cc1cccc(C(F)(F)F)c1. The summed E-state index contributed by atoms with van der Waals surface area (Å²) in [5, 5.41) is 11.9. The first-order valence-corrected chi connectivity index (χ1v) is 6.43. The molecule has 112 valence electrons. The largest absolute Gasteiger partial charge is 0.416 e. The second kappa shape index (κ2) is 7.28. The zero-order valence-electron chi connectivity index (χ0n) is 11.2. The van der Waals surface area contributed by atoms with Gasteiger partial charge in [-0.15, -0.1) is 0 Å². The number of aliphatic hydroxyl groups is 1. The summed E-state index contributed by atoms with van der Waals surface area (Å²) in [6.45, 7) is 2.14. The maximum absolute atomic E-state index is 12.5. The average molecular weight is 289 g/mol. The number of carbonyl (C=O) groups is 1. The molecule has 6 heteroatoms. The smallest absolute Gasteiger partial charge is 0.393 e. The minimum absolute atomic E-state index is 0.105. The third-order valence-electron chi connectivity index (χ3n) is 2.89. The first kappa shape index (κ1) is 16.5. The van der Waals surface area contributed by atoms with E-state index in [0.717, 1.165) is 12.1 Å². The highest BCUT2D eigenvalue weighted by Gasteiger charge is 2.30. The van der Waals surface area contributed by atoms with E-state index in [-0.39, 0.29) is 12.3 Å². The topological polar surface area (TPSA) is 49.3 Å². The molecular formula is C14H18F3NO2. The van der Waals surface area contributed by atoms with Gasteiger partial charge in [0.15, 0.2) is 0 Å². The molecule has 1 amide bonds. The number of benzene rings is 1. The summed E-state index contributed by atoms with van der Waals surface area (Å²) in [5.41, 5.74) is -0.447. The number of aliphatic hydroxyl groups excluding tert-OH is 1. The maximum Gasteiger partial charge on any atom is 0.416 e. The standard InChI is InChI=1S/C14H18F3NO2/c1-2-12(19)6-7-18-13(20)9-10-4-3-5-11(8-10)14(15,16)17/h3-5,8,12,19H,2,6-7,9H2,1H3,(H,18,20). The highest BCUT2D eigenvalue weighted by molar-refractivity contribution is 5.78. The fourth-order valence-electron chi connectivity index (χ4n) is 1.69. The minimum atomic E-state index is -4.41. The molecule has 1 unspecified atom stereocenters. The maximum atomic E-state index is 12.5. The quantitative estimate of drug-likeness (QED) is 0.845. The third kappa shape index (κ3) is 5.61. The van der Waals surface area contributed by atoms with Crippen LogP contribution in [0.5, 0.6) is 0 Å². The summed E-state index contributed by atoms with van der Waals surface area (Å²) in [7, 11) is 0. The van der Waals surface area contributed by atoms with E-state index in [1.807, 2.05) is 6.92 Å². The van der Waals surface area contributed by atoms with Crippen molar-refractivity contribution < 1.29 is 23.1 Å². The van der Waals surface area contributed by atoms with Gasteiger partial charge in [0.25, 0.3) is 0 Å². The molecular weight excluding hydrogens is 271 g/mol. The Balaban J connectivity index is 2.50. The minimum Gasteiger partial charge on any atom is -0.393 e. The Hall–Kier alpha value is -1.56. The number of halogens is 3. The van der Waals surface area contributed by atoms with Crippen molar-refractivity contribution >= 4 is 5.91 Å². The number of alkyl halides is 3. The molecule has 1 aromatic rings. The van der Waals surface area contributed by atoms with Crippen LogP contribution in [-0.2, 0) is 17.4 Å². The molecule has 0 aromatic heterocycles. The van der Waals surface area contributed by atoms with Crippen LogP contribution in [0.4, 0.5) is 13.2 Å². The van der Waals surface area contributed by atoms with E-state index in [2.05, 4.69) is 5.32 Å². The lowest BCUT2D eigenvalue weighted by molar-refractivity contribution is -0.137. The molecule has 2 N–H and O–H groups in total. The predicted octanol–water partition coefficient (Wildman–Crippen LogP) is 2.53. The second-order valence-corrected chi connectivity index (χ2v) is 4.58. The normalized spacial score (nSPS) is 13.1. The van der Waals surface area contributed by atoms with Gasteiger partial charge in [-0.2, -0.15) is 13.2 Å². The fraction of sp³-hybridized carbons (Fsp3) is 0.500. The van der Waals surface area contributed by atoms with Crippen molar-refractivity contribution in [2.45, 2.75) is 38.5 Å². The van der Waals surface area contributed by atoms with E-state index < -0.39 is 17.8 Å². The van der Waals surface area contributed by atoms with E-state index in [9.17, 15) is 23.1 Å². The molecule has 0 saturated heterocycles. The average Bonchev–Trinajstić information content (AvgIpc) is 2.37. The first-order chi connectivity index (χ1) is 9.32. The van der Waals surface area contributed by atoms with Gasteiger partial charge in [-0.05, 0) is 24.5 Å². The van der Waals surface area contributed by atoms with E-state index >= 15 is 0 Å². The van der Waals surface area contributed by atoms with E-state index in [1.165, 1.54) is 12.1 Å². The molecule has 0 bridgehead atoms. The van der Waals surface area contributed by atoms with Gasteiger partial charge in [0.05, 0.1) is 18.1 Å². The number of hydrogen-bond acceptors (Lipinski definition) is 2. The summed E-state index contributed by atoms with van der Waals surface area (Å²) < 4.78 is 37.5. The van der Waals surface area contributed by atoms with Crippen LogP contribution in [0.25, 0.3) is 0 Å². The van der Waals surface area contributed by atoms with Crippen LogP contribution in [0.1, 0.15) is 30.9 Å². The summed E-state index contributed by atoms with van der Waals surface area (Å²) in [6, 6.07) is 4.71. The molecule has 0 heterocycles. The summed E-state index contributed by atoms with van der Waals surface area (Å²) >= 11 is 0. The van der Waals surface area contributed by atoms with Crippen molar-refractivity contribution in [2.75, 3.05) is 6.54 Å². The Morgan fingerprint density at radius 2 is 2.10 bits per heavy atom. The van der Waals surface area contributed by atoms with Crippen molar-refractivity contribution in [2.24, 2.45) is 0 Å². The summed E-state index contributed by atoms with van der Waals surface area (Å²) in [4.78, 5) is 11.6. The van der Waals surface area contributed by atoms with Gasteiger partial charge in [0, 0.05) is 6.54 Å². The van der Waals surface area contributed by atoms with Crippen LogP contribution in [0, 0.1) is 0 Å². The molecule has 0 saturated carbocycles. The van der Waals surface area contributed by atoms with Crippen LogP contribution < -0.4 is 5.32 Å². The Morgan fingerprint density at radius 1 is 1.40 bits per heavy atom. The van der Waals surface area contributed by atoms with Crippen molar-refractivity contribution in [1.29, 1.82) is 0 Å². The van der Waals surface area contributed by atoms with E-state index in [4.69, 9.17) is 0 Å². The lowest BCUT2D eigenvalue weighted by Crippen LogP contribution is -2.28. The molecule has 0 aliphatic rings. The van der Waals surface area contributed by atoms with Gasteiger partial charge in [0.2, 0.25) is 5.91 Å². The second-order valence-electron chi connectivity index (χ2n) is 4.58. The lowest BCUT2D eigenvalue weighted by Gasteiger charge is -2.10. The Kier molecular flexibility index (Phi) is 6.01. The number of carbonyl (C=O) groups excluding carboxylic acids is 1. The van der Waals surface area contributed by atoms with Gasteiger partial charge in [-0.3, -0.25) is 4.79 Å². The van der Waals surface area contributed by atoms with Gasteiger partial charge in [-0.1, -0.05) is 25.1 Å². The zero-order valence-corrected chi connectivity index (χ0v) is 11.2. The van der Waals surface area contributed by atoms with E-state index in [0.29, 0.717) is 24.9 Å². The number of hydrogen-bond donors (Lipinski definition) is 2. The van der Waals surface area contributed by atoms with Crippen LogP contribution in [0.2, 0.25) is 0 Å². The molecule has 0 radical (unpaired) electrons. The molecule has 0 spiro atoms. The number of rotatable bonds is 6. The van der Waals surface area contributed by atoms with Gasteiger partial charge < -0.3 is 10.4 Å². The highest BCUT2D eigenvalue weighted by Crippen LogP contribution is 2.29. The van der Waals surface area contributed by atoms with Crippen molar-refractivity contribution in [3.63, 3.8) is 0 Å². The highest BCUT2D eigenvalue weighted by atomic mass is 19.4. The predicted molar refractivity (Wildman–Crippen MR) is 69.1 cm³/mol. The molecule has 3 nitrogen and oxygen atoms in total. The molecule has 1 rings (SSSR count). The van der Waals surface area contributed by atoms with Crippen LogP contribution in [0.15, 0.2) is 24.3 Å². The Labute approximate surface area is 115 Å². The van der Waals surface area contributed by atoms with E-state index in [1.54, 1.807) is 0 Å². The van der Waals surface area contributed by atoms with Crippen molar-refractivity contribution in [3.05, 3.63) is 35.4 Å². The number of amides is 1. The Bertz CT molecular complexity index is 446. The zero-order chi connectivity index (χ0) is 15.2. The fourth-order valence-corrected chi connectivity index (χ4v) is 1.69. The molecule has 0 aliphatic carbocycles. The van der Waals surface area contributed by atoms with Crippen molar-refractivity contribution in [3.8, 4) is 0 Å². The summed E-state index contributed by atoms with van der Waals surface area (Å²) in [6.07, 6.45) is -3.94. The molecule has 0 fully saturated rings. The molecule has 0 aliphatic heterocycles. The van der Waals surface area contributed by atoms with Crippen LogP contribution in [0.3, 0.4) is 0 Å². The van der Waals surface area contributed by atoms with Crippen LogP contribution >= 0.6 is 0 Å². The van der Waals surface area contributed by atoms with Gasteiger partial charge in [-0.25, -0.2) is 0 Å². The van der Waals surface area contributed by atoms with Gasteiger partial charge in [0.1, 0.15) is 0 Å². The third-order valence-corrected chi connectivity index (χ3v) is 2.89. The molecule has 20 heavy (non-hydrogen) atoms. The summed E-state index contributed by atoms with van der Waals surface area (Å²) in [5.74, 6) is -0.354. The molecule has 1 atom stereocenters. The van der Waals surface area contributed by atoms with Gasteiger partial charge >= 0.3 is 6.18 Å². The first-order valence-electron chi connectivity index (χ1n) is 6.43. The van der Waals surface area contributed by atoms with Crippen molar-refractivity contribution in [1.82, 2.24) is 5.32 Å². The monoisotopic (exact) mass is 289 g/mol.